The number of fused-ring (bicyclic) bond motifs is 1. The molecule has 0 aromatic carbocycles. The van der Waals surface area contributed by atoms with Crippen LogP contribution in [0.5, 0.6) is 0 Å². The molecule has 1 aliphatic carbocycles. The van der Waals surface area contributed by atoms with E-state index in [1.807, 2.05) is 0 Å². The van der Waals surface area contributed by atoms with Crippen molar-refractivity contribution >= 4 is 12.2 Å². The summed E-state index contributed by atoms with van der Waals surface area (Å²) in [5, 5.41) is 2.23. The summed E-state index contributed by atoms with van der Waals surface area (Å²) in [6.07, 6.45) is 0.0149. The van der Waals surface area contributed by atoms with Gasteiger partial charge in [0.25, 0.3) is 0 Å². The van der Waals surface area contributed by atoms with E-state index in [4.69, 9.17) is 0 Å². The number of carbonyl (C=O) groups is 2. The average molecular weight is 184 g/mol. The fourth-order valence-electron chi connectivity index (χ4n) is 1.74. The molecule has 1 saturated carbocycles. The van der Waals surface area contributed by atoms with E-state index in [2.05, 4.69) is 10.1 Å². The fraction of sp³-hybridized carbons (Fsp3) is 0.750. The number of hydrogen-bond acceptors (Lipinski definition) is 3. The molecule has 0 radical (unpaired) electrons. The highest BCUT2D eigenvalue weighted by Gasteiger charge is 2.47. The molecule has 5 nitrogen and oxygen atoms in total. The maximum Gasteiger partial charge on any atom is 0.418 e. The third kappa shape index (κ3) is 1.59. The molecule has 2 atom stereocenters. The molecule has 0 aromatic heterocycles. The van der Waals surface area contributed by atoms with E-state index in [1.54, 1.807) is 4.90 Å². The average Bonchev–Trinajstić information content (AvgIpc) is 2.73. The van der Waals surface area contributed by atoms with Crippen LogP contribution in [0.25, 0.3) is 0 Å². The van der Waals surface area contributed by atoms with E-state index in [-0.39, 0.29) is 0 Å². The second-order valence-electron chi connectivity index (χ2n) is 3.57. The summed E-state index contributed by atoms with van der Waals surface area (Å²) in [4.78, 5) is 23.5. The van der Waals surface area contributed by atoms with Gasteiger partial charge in [0, 0.05) is 20.1 Å². The van der Waals surface area contributed by atoms with E-state index < -0.39 is 12.2 Å². The largest absolute Gasteiger partial charge is 0.418 e. The van der Waals surface area contributed by atoms with Crippen LogP contribution in [0, 0.1) is 11.8 Å². The lowest BCUT2D eigenvalue weighted by Crippen LogP contribution is -2.35. The lowest BCUT2D eigenvalue weighted by atomic mass is 10.4. The van der Waals surface area contributed by atoms with Crippen molar-refractivity contribution in [1.82, 2.24) is 10.2 Å². The Labute approximate surface area is 76.0 Å². The number of amides is 2. The van der Waals surface area contributed by atoms with Crippen molar-refractivity contribution in [3.05, 3.63) is 0 Å². The van der Waals surface area contributed by atoms with Crippen LogP contribution in [-0.4, -0.2) is 37.2 Å². The number of likely N-dealkylation sites (tertiary alicyclic amines) is 1. The number of piperidine rings is 1. The zero-order valence-electron chi connectivity index (χ0n) is 7.45. The topological polar surface area (TPSA) is 58.6 Å². The Bertz CT molecular complexity index is 244. The summed E-state index contributed by atoms with van der Waals surface area (Å²) in [6, 6.07) is 0. The molecule has 2 rings (SSSR count). The van der Waals surface area contributed by atoms with Gasteiger partial charge in [0.1, 0.15) is 0 Å². The molecular weight excluding hydrogens is 172 g/mol. The Hall–Kier alpha value is -1.26. The van der Waals surface area contributed by atoms with E-state index in [1.165, 1.54) is 13.5 Å². The standard InChI is InChI=1S/C8H12N2O3/c1-9-7(11)13-8(12)10-3-5-2-6(5)4-10/h5-6H,2-4H2,1H3,(H,9,11). The first-order valence-corrected chi connectivity index (χ1v) is 4.39. The van der Waals surface area contributed by atoms with Crippen molar-refractivity contribution in [2.24, 2.45) is 11.8 Å². The Morgan fingerprint density at radius 2 is 2.00 bits per heavy atom. The molecule has 2 amide bonds. The molecule has 5 heteroatoms. The molecule has 0 spiro atoms. The molecule has 2 aliphatic rings. The van der Waals surface area contributed by atoms with Crippen LogP contribution >= 0.6 is 0 Å². The summed E-state index contributed by atoms with van der Waals surface area (Å²) in [7, 11) is 1.43. The van der Waals surface area contributed by atoms with Gasteiger partial charge in [-0.1, -0.05) is 0 Å². The van der Waals surface area contributed by atoms with Crippen molar-refractivity contribution < 1.29 is 14.3 Å². The highest BCUT2D eigenvalue weighted by Crippen LogP contribution is 2.44. The first-order valence-electron chi connectivity index (χ1n) is 4.39. The summed E-state index contributed by atoms with van der Waals surface area (Å²) in [5.41, 5.74) is 0. The predicted molar refractivity (Wildman–Crippen MR) is 44.1 cm³/mol. The molecule has 1 saturated heterocycles. The zero-order chi connectivity index (χ0) is 9.42. The van der Waals surface area contributed by atoms with Crippen molar-refractivity contribution in [2.45, 2.75) is 6.42 Å². The Balaban J connectivity index is 1.80. The quantitative estimate of drug-likeness (QED) is 0.555. The maximum atomic E-state index is 11.2. The summed E-state index contributed by atoms with van der Waals surface area (Å²) >= 11 is 0. The Morgan fingerprint density at radius 3 is 2.54 bits per heavy atom. The third-order valence-electron chi connectivity index (χ3n) is 2.62. The van der Waals surface area contributed by atoms with Crippen LogP contribution in [0.15, 0.2) is 0 Å². The number of hydrogen-bond donors (Lipinski definition) is 1. The smallest absolute Gasteiger partial charge is 0.359 e. The van der Waals surface area contributed by atoms with Crippen molar-refractivity contribution in [3.63, 3.8) is 0 Å². The van der Waals surface area contributed by atoms with Gasteiger partial charge in [0.15, 0.2) is 0 Å². The van der Waals surface area contributed by atoms with Gasteiger partial charge >= 0.3 is 12.2 Å². The van der Waals surface area contributed by atoms with Gasteiger partial charge in [-0.15, -0.1) is 0 Å². The second-order valence-corrected chi connectivity index (χ2v) is 3.57. The van der Waals surface area contributed by atoms with Gasteiger partial charge < -0.3 is 15.0 Å². The van der Waals surface area contributed by atoms with Gasteiger partial charge in [-0.05, 0) is 18.3 Å². The zero-order valence-corrected chi connectivity index (χ0v) is 7.45. The molecule has 2 unspecified atom stereocenters. The van der Waals surface area contributed by atoms with Gasteiger partial charge in [-0.3, -0.25) is 0 Å². The van der Waals surface area contributed by atoms with Crippen LogP contribution in [0.2, 0.25) is 0 Å². The van der Waals surface area contributed by atoms with Crippen LogP contribution in [0.4, 0.5) is 9.59 Å². The normalized spacial score (nSPS) is 29.5. The monoisotopic (exact) mass is 184 g/mol. The predicted octanol–water partition coefficient (Wildman–Crippen LogP) is 0.414. The Kier molecular flexibility index (Phi) is 1.86. The lowest BCUT2D eigenvalue weighted by Gasteiger charge is -2.15. The summed E-state index contributed by atoms with van der Waals surface area (Å²) in [6.45, 7) is 1.50. The molecule has 0 bridgehead atoms. The molecule has 2 fully saturated rings. The van der Waals surface area contributed by atoms with Crippen molar-refractivity contribution in [2.75, 3.05) is 20.1 Å². The Morgan fingerprint density at radius 1 is 1.38 bits per heavy atom. The van der Waals surface area contributed by atoms with Gasteiger partial charge in [0.2, 0.25) is 0 Å². The SMILES string of the molecule is CNC(=O)OC(=O)N1CC2CC2C1. The van der Waals surface area contributed by atoms with Gasteiger partial charge in [-0.25, -0.2) is 9.59 Å². The van der Waals surface area contributed by atoms with Crippen LogP contribution < -0.4 is 5.32 Å². The van der Waals surface area contributed by atoms with E-state index in [0.717, 1.165) is 13.1 Å². The van der Waals surface area contributed by atoms with Crippen molar-refractivity contribution in [3.8, 4) is 0 Å². The molecule has 1 N–H and O–H groups in total. The van der Waals surface area contributed by atoms with Crippen molar-refractivity contribution in [1.29, 1.82) is 0 Å². The minimum absolute atomic E-state index is 0.522. The summed E-state index contributed by atoms with van der Waals surface area (Å²) < 4.78 is 4.49. The number of nitrogens with zero attached hydrogens (tertiary/aromatic N) is 1. The first kappa shape index (κ1) is 8.34. The number of ether oxygens (including phenoxy) is 1. The van der Waals surface area contributed by atoms with E-state index >= 15 is 0 Å². The van der Waals surface area contributed by atoms with Crippen LogP contribution in [0.1, 0.15) is 6.42 Å². The number of nitrogens with one attached hydrogen (secondary N) is 1. The molecule has 72 valence electrons. The number of carbonyl (C=O) groups excluding carboxylic acids is 2. The van der Waals surface area contributed by atoms with E-state index in [0.29, 0.717) is 11.8 Å². The molecular formula is C8H12N2O3. The minimum atomic E-state index is -0.689. The first-order chi connectivity index (χ1) is 6.20. The van der Waals surface area contributed by atoms with Gasteiger partial charge in [0.05, 0.1) is 0 Å². The number of alkyl carbamates (subject to hydrolysis) is 1. The molecule has 13 heavy (non-hydrogen) atoms. The second kappa shape index (κ2) is 2.90. The van der Waals surface area contributed by atoms with E-state index in [9.17, 15) is 9.59 Å². The highest BCUT2D eigenvalue weighted by atomic mass is 16.6. The summed E-state index contributed by atoms with van der Waals surface area (Å²) in [5.74, 6) is 1.33. The lowest BCUT2D eigenvalue weighted by molar-refractivity contribution is 0.122. The third-order valence-corrected chi connectivity index (χ3v) is 2.62. The van der Waals surface area contributed by atoms with Crippen LogP contribution in [-0.2, 0) is 4.74 Å². The van der Waals surface area contributed by atoms with Crippen LogP contribution in [0.3, 0.4) is 0 Å². The molecule has 1 aliphatic heterocycles. The fourth-order valence-corrected chi connectivity index (χ4v) is 1.74. The molecule has 0 aromatic rings. The van der Waals surface area contributed by atoms with Gasteiger partial charge in [-0.2, -0.15) is 0 Å². The maximum absolute atomic E-state index is 11.2. The highest BCUT2D eigenvalue weighted by molar-refractivity contribution is 5.83. The number of rotatable bonds is 0. The molecule has 1 heterocycles. The minimum Gasteiger partial charge on any atom is -0.359 e.